The van der Waals surface area contributed by atoms with E-state index in [2.05, 4.69) is 10.6 Å². The van der Waals surface area contributed by atoms with Crippen LogP contribution < -0.4 is 10.6 Å². The molecule has 1 fully saturated rings. The maximum Gasteiger partial charge on any atom is 0.236 e. The molecule has 6 heteroatoms. The number of morpholine rings is 1. The van der Waals surface area contributed by atoms with E-state index in [-0.39, 0.29) is 24.9 Å². The first kappa shape index (κ1) is 12.9. The molecule has 0 bridgehead atoms. The summed E-state index contributed by atoms with van der Waals surface area (Å²) in [6, 6.07) is 0. The molecule has 0 saturated carbocycles. The third-order valence-electron chi connectivity index (χ3n) is 2.30. The lowest BCUT2D eigenvalue weighted by Gasteiger charge is -2.26. The van der Waals surface area contributed by atoms with Gasteiger partial charge in [0.05, 0.1) is 26.3 Å². The number of ether oxygens (including phenoxy) is 1. The maximum atomic E-state index is 11.6. The zero-order valence-electron chi connectivity index (χ0n) is 9.62. The van der Waals surface area contributed by atoms with Crippen LogP contribution in [0.5, 0.6) is 0 Å². The second-order valence-electron chi connectivity index (χ2n) is 3.55. The summed E-state index contributed by atoms with van der Waals surface area (Å²) in [6.07, 6.45) is 0. The number of nitrogens with zero attached hydrogens (tertiary/aromatic N) is 1. The highest BCUT2D eigenvalue weighted by atomic mass is 16.5. The Labute approximate surface area is 95.3 Å². The third-order valence-corrected chi connectivity index (χ3v) is 2.30. The second kappa shape index (κ2) is 7.19. The molecule has 1 heterocycles. The van der Waals surface area contributed by atoms with Gasteiger partial charge in [0.25, 0.3) is 0 Å². The topological polar surface area (TPSA) is 70.7 Å². The first-order valence-electron chi connectivity index (χ1n) is 5.57. The highest BCUT2D eigenvalue weighted by molar-refractivity contribution is 5.81. The summed E-state index contributed by atoms with van der Waals surface area (Å²) in [5.41, 5.74) is 0. The zero-order chi connectivity index (χ0) is 11.8. The number of hydrogen-bond donors (Lipinski definition) is 2. The molecule has 0 aromatic rings. The van der Waals surface area contributed by atoms with Crippen LogP contribution in [0.1, 0.15) is 6.92 Å². The normalized spacial score (nSPS) is 15.9. The van der Waals surface area contributed by atoms with E-state index in [1.807, 2.05) is 6.92 Å². The van der Waals surface area contributed by atoms with Gasteiger partial charge in [-0.15, -0.1) is 0 Å². The fourth-order valence-electron chi connectivity index (χ4n) is 1.47. The van der Waals surface area contributed by atoms with E-state index in [0.29, 0.717) is 32.8 Å². The van der Waals surface area contributed by atoms with E-state index in [4.69, 9.17) is 4.74 Å². The Morgan fingerprint density at radius 3 is 2.56 bits per heavy atom. The van der Waals surface area contributed by atoms with Crippen LogP contribution in [0.4, 0.5) is 0 Å². The van der Waals surface area contributed by atoms with Gasteiger partial charge >= 0.3 is 0 Å². The van der Waals surface area contributed by atoms with Gasteiger partial charge in [-0.05, 0) is 6.92 Å². The van der Waals surface area contributed by atoms with Crippen LogP contribution in [0.15, 0.2) is 0 Å². The minimum atomic E-state index is -0.0859. The summed E-state index contributed by atoms with van der Waals surface area (Å²) in [5.74, 6) is -0.0649. The minimum absolute atomic E-state index is 0.0209. The van der Waals surface area contributed by atoms with Crippen LogP contribution in [0, 0.1) is 0 Å². The highest BCUT2D eigenvalue weighted by Gasteiger charge is 2.16. The van der Waals surface area contributed by atoms with Gasteiger partial charge in [0.2, 0.25) is 11.8 Å². The molecule has 2 amide bonds. The van der Waals surface area contributed by atoms with Crippen LogP contribution in [0.25, 0.3) is 0 Å². The fraction of sp³-hybridized carbons (Fsp3) is 0.800. The van der Waals surface area contributed by atoms with Crippen LogP contribution in [-0.4, -0.2) is 62.7 Å². The molecule has 1 rings (SSSR count). The quantitative estimate of drug-likeness (QED) is 0.606. The summed E-state index contributed by atoms with van der Waals surface area (Å²) in [6.45, 7) is 5.34. The molecule has 1 aliphatic rings. The Hall–Kier alpha value is -1.14. The number of hydrogen-bond acceptors (Lipinski definition) is 4. The van der Waals surface area contributed by atoms with Gasteiger partial charge < -0.3 is 15.0 Å². The first-order valence-corrected chi connectivity index (χ1v) is 5.57. The summed E-state index contributed by atoms with van der Waals surface area (Å²) >= 11 is 0. The van der Waals surface area contributed by atoms with Gasteiger partial charge in [0.1, 0.15) is 0 Å². The number of likely N-dealkylation sites (N-methyl/N-ethyl adjacent to an activating group) is 1. The number of amides is 2. The smallest absolute Gasteiger partial charge is 0.236 e. The lowest BCUT2D eigenvalue weighted by molar-refractivity contribution is -0.134. The van der Waals surface area contributed by atoms with Gasteiger partial charge in [-0.25, -0.2) is 0 Å². The van der Waals surface area contributed by atoms with Crippen LogP contribution in [-0.2, 0) is 14.3 Å². The van der Waals surface area contributed by atoms with Crippen molar-refractivity contribution in [3.8, 4) is 0 Å². The van der Waals surface area contributed by atoms with Gasteiger partial charge in [0.15, 0.2) is 0 Å². The Kier molecular flexibility index (Phi) is 5.81. The Balaban J connectivity index is 2.12. The number of nitrogens with one attached hydrogen (secondary N) is 2. The second-order valence-corrected chi connectivity index (χ2v) is 3.55. The van der Waals surface area contributed by atoms with Crippen molar-refractivity contribution in [2.24, 2.45) is 0 Å². The molecule has 6 nitrogen and oxygen atoms in total. The number of carbonyl (C=O) groups is 2. The van der Waals surface area contributed by atoms with Gasteiger partial charge in [0, 0.05) is 19.6 Å². The van der Waals surface area contributed by atoms with Crippen LogP contribution in [0.3, 0.4) is 0 Å². The average Bonchev–Trinajstić information content (AvgIpc) is 2.30. The summed E-state index contributed by atoms with van der Waals surface area (Å²) < 4.78 is 5.15. The van der Waals surface area contributed by atoms with E-state index < -0.39 is 0 Å². The lowest BCUT2D eigenvalue weighted by Crippen LogP contribution is -2.46. The molecule has 2 N–H and O–H groups in total. The fourth-order valence-corrected chi connectivity index (χ4v) is 1.47. The average molecular weight is 229 g/mol. The van der Waals surface area contributed by atoms with Crippen molar-refractivity contribution in [3.05, 3.63) is 0 Å². The van der Waals surface area contributed by atoms with Gasteiger partial charge in [-0.1, -0.05) is 0 Å². The Morgan fingerprint density at radius 1 is 1.25 bits per heavy atom. The largest absolute Gasteiger partial charge is 0.378 e. The number of rotatable bonds is 5. The van der Waals surface area contributed by atoms with Crippen molar-refractivity contribution in [1.29, 1.82) is 0 Å². The summed E-state index contributed by atoms with van der Waals surface area (Å²) in [7, 11) is 0. The maximum absolute atomic E-state index is 11.6. The molecule has 0 aromatic carbocycles. The SMILES string of the molecule is CCNC(=O)CNCC(=O)N1CCOCC1. The molecule has 16 heavy (non-hydrogen) atoms. The van der Waals surface area contributed by atoms with Crippen molar-refractivity contribution < 1.29 is 14.3 Å². The van der Waals surface area contributed by atoms with Crippen molar-refractivity contribution in [2.45, 2.75) is 6.92 Å². The molecule has 0 atom stereocenters. The lowest BCUT2D eigenvalue weighted by atomic mass is 10.4. The molecule has 0 spiro atoms. The predicted octanol–water partition coefficient (Wildman–Crippen LogP) is -1.43. The summed E-state index contributed by atoms with van der Waals surface area (Å²) in [4.78, 5) is 24.4. The van der Waals surface area contributed by atoms with Crippen molar-refractivity contribution >= 4 is 11.8 Å². The molecule has 0 aliphatic carbocycles. The molecule has 0 unspecified atom stereocenters. The summed E-state index contributed by atoms with van der Waals surface area (Å²) in [5, 5.41) is 5.48. The third kappa shape index (κ3) is 4.59. The van der Waals surface area contributed by atoms with E-state index in [9.17, 15) is 9.59 Å². The highest BCUT2D eigenvalue weighted by Crippen LogP contribution is 1.96. The Morgan fingerprint density at radius 2 is 1.94 bits per heavy atom. The number of carbonyl (C=O) groups excluding carboxylic acids is 2. The Bertz CT molecular complexity index is 239. The molecule has 1 saturated heterocycles. The first-order chi connectivity index (χ1) is 7.74. The van der Waals surface area contributed by atoms with E-state index in [0.717, 1.165) is 0 Å². The molecule has 92 valence electrons. The predicted molar refractivity (Wildman–Crippen MR) is 59.0 cm³/mol. The molecule has 1 aliphatic heterocycles. The standard InChI is InChI=1S/C10H19N3O3/c1-2-12-9(14)7-11-8-10(15)13-3-5-16-6-4-13/h11H,2-8H2,1H3,(H,12,14). The van der Waals surface area contributed by atoms with Crippen molar-refractivity contribution in [2.75, 3.05) is 45.9 Å². The zero-order valence-corrected chi connectivity index (χ0v) is 9.62. The molecule has 0 aromatic heterocycles. The van der Waals surface area contributed by atoms with Crippen molar-refractivity contribution in [1.82, 2.24) is 15.5 Å². The van der Waals surface area contributed by atoms with E-state index in [1.165, 1.54) is 0 Å². The minimum Gasteiger partial charge on any atom is -0.378 e. The molecular formula is C10H19N3O3. The molecule has 0 radical (unpaired) electrons. The van der Waals surface area contributed by atoms with Crippen LogP contribution in [0.2, 0.25) is 0 Å². The van der Waals surface area contributed by atoms with E-state index >= 15 is 0 Å². The monoisotopic (exact) mass is 229 g/mol. The molecular weight excluding hydrogens is 210 g/mol. The van der Waals surface area contributed by atoms with Gasteiger partial charge in [-0.3, -0.25) is 14.9 Å². The van der Waals surface area contributed by atoms with Crippen molar-refractivity contribution in [3.63, 3.8) is 0 Å². The van der Waals surface area contributed by atoms with Crippen LogP contribution >= 0.6 is 0 Å². The van der Waals surface area contributed by atoms with E-state index in [1.54, 1.807) is 4.90 Å². The van der Waals surface area contributed by atoms with Gasteiger partial charge in [-0.2, -0.15) is 0 Å².